The molecule has 2 aliphatic rings. The summed E-state index contributed by atoms with van der Waals surface area (Å²) in [4.78, 5) is 11.5. The highest BCUT2D eigenvalue weighted by atomic mass is 16.2. The number of nitrogens with zero attached hydrogens (tertiary/aromatic N) is 2. The smallest absolute Gasteiger partial charge is 0.247 e. The van der Waals surface area contributed by atoms with Crippen LogP contribution in [0.3, 0.4) is 0 Å². The van der Waals surface area contributed by atoms with E-state index in [2.05, 4.69) is 6.07 Å². The molecule has 1 aromatic carbocycles. The first-order valence-corrected chi connectivity index (χ1v) is 4.73. The zero-order valence-corrected chi connectivity index (χ0v) is 7.68. The molecule has 1 aromatic rings. The maximum atomic E-state index is 11.5. The van der Waals surface area contributed by atoms with Gasteiger partial charge in [0, 0.05) is 24.7 Å². The van der Waals surface area contributed by atoms with Crippen LogP contribution in [0.25, 0.3) is 6.08 Å². The van der Waals surface area contributed by atoms with E-state index in [1.54, 1.807) is 5.01 Å². The maximum absolute atomic E-state index is 11.5. The number of rotatable bonds is 0. The van der Waals surface area contributed by atoms with E-state index in [1.807, 2.05) is 35.5 Å². The topological polar surface area (TPSA) is 23.6 Å². The van der Waals surface area contributed by atoms with E-state index >= 15 is 0 Å². The number of fused-ring (bicyclic) bond motifs is 3. The molecule has 3 nitrogen and oxygen atoms in total. The van der Waals surface area contributed by atoms with Gasteiger partial charge in [-0.2, -0.15) is 0 Å². The summed E-state index contributed by atoms with van der Waals surface area (Å²) < 4.78 is 0. The largest absolute Gasteiger partial charge is 0.278 e. The van der Waals surface area contributed by atoms with Crippen molar-refractivity contribution in [1.29, 1.82) is 0 Å². The molecule has 0 aliphatic carbocycles. The SMILES string of the molecule is O=C1CCN2c3ccccc3C=CN12. The first kappa shape index (κ1) is 7.62. The molecule has 0 N–H and O–H groups in total. The van der Waals surface area contributed by atoms with Crippen molar-refractivity contribution in [2.75, 3.05) is 11.6 Å². The Morgan fingerprint density at radius 1 is 1.21 bits per heavy atom. The number of hydrogen-bond donors (Lipinski definition) is 0. The van der Waals surface area contributed by atoms with Crippen molar-refractivity contribution in [2.24, 2.45) is 0 Å². The third-order valence-electron chi connectivity index (χ3n) is 2.66. The lowest BCUT2D eigenvalue weighted by molar-refractivity contribution is -0.125. The van der Waals surface area contributed by atoms with Crippen LogP contribution in [0.4, 0.5) is 5.69 Å². The van der Waals surface area contributed by atoms with Crippen molar-refractivity contribution in [1.82, 2.24) is 5.01 Å². The van der Waals surface area contributed by atoms with Crippen molar-refractivity contribution in [3.8, 4) is 0 Å². The molecular weight excluding hydrogens is 176 g/mol. The van der Waals surface area contributed by atoms with Gasteiger partial charge in [-0.15, -0.1) is 0 Å². The van der Waals surface area contributed by atoms with Gasteiger partial charge in [0.05, 0.1) is 5.69 Å². The van der Waals surface area contributed by atoms with Crippen LogP contribution < -0.4 is 5.01 Å². The highest BCUT2D eigenvalue weighted by Crippen LogP contribution is 2.31. The van der Waals surface area contributed by atoms with Crippen molar-refractivity contribution in [2.45, 2.75) is 6.42 Å². The van der Waals surface area contributed by atoms with Crippen LogP contribution in [-0.2, 0) is 4.79 Å². The minimum absolute atomic E-state index is 0.177. The van der Waals surface area contributed by atoms with E-state index < -0.39 is 0 Å². The van der Waals surface area contributed by atoms with Gasteiger partial charge in [0.2, 0.25) is 5.91 Å². The summed E-state index contributed by atoms with van der Waals surface area (Å²) in [5, 5.41) is 3.72. The number of hydrazine groups is 1. The first-order chi connectivity index (χ1) is 6.86. The summed E-state index contributed by atoms with van der Waals surface area (Å²) in [7, 11) is 0. The summed E-state index contributed by atoms with van der Waals surface area (Å²) in [6.45, 7) is 0.792. The quantitative estimate of drug-likeness (QED) is 0.614. The Balaban J connectivity index is 2.13. The molecule has 3 heteroatoms. The van der Waals surface area contributed by atoms with Gasteiger partial charge >= 0.3 is 0 Å². The van der Waals surface area contributed by atoms with Crippen LogP contribution in [0.5, 0.6) is 0 Å². The Bertz CT molecular complexity index is 425. The van der Waals surface area contributed by atoms with Crippen LogP contribution >= 0.6 is 0 Å². The Morgan fingerprint density at radius 3 is 3.00 bits per heavy atom. The zero-order valence-electron chi connectivity index (χ0n) is 7.68. The van der Waals surface area contributed by atoms with E-state index in [9.17, 15) is 4.79 Å². The van der Waals surface area contributed by atoms with Gasteiger partial charge in [-0.3, -0.25) is 9.80 Å². The van der Waals surface area contributed by atoms with Gasteiger partial charge in [0.1, 0.15) is 0 Å². The molecule has 0 atom stereocenters. The van der Waals surface area contributed by atoms with E-state index in [4.69, 9.17) is 0 Å². The predicted molar refractivity (Wildman–Crippen MR) is 54.3 cm³/mol. The number of anilines is 1. The number of carbonyl (C=O) groups is 1. The molecule has 1 saturated heterocycles. The van der Waals surface area contributed by atoms with Gasteiger partial charge < -0.3 is 0 Å². The van der Waals surface area contributed by atoms with Crippen molar-refractivity contribution >= 4 is 17.7 Å². The fraction of sp³-hybridized carbons (Fsp3) is 0.182. The van der Waals surface area contributed by atoms with Crippen LogP contribution in [0.1, 0.15) is 12.0 Å². The third-order valence-corrected chi connectivity index (χ3v) is 2.66. The summed E-state index contributed by atoms with van der Waals surface area (Å²) in [6.07, 6.45) is 4.44. The van der Waals surface area contributed by atoms with Gasteiger partial charge in [-0.05, 0) is 12.1 Å². The number of carbonyl (C=O) groups excluding carboxylic acids is 1. The lowest BCUT2D eigenvalue weighted by Crippen LogP contribution is -2.36. The molecule has 0 spiro atoms. The van der Waals surface area contributed by atoms with Crippen molar-refractivity contribution in [3.63, 3.8) is 0 Å². The van der Waals surface area contributed by atoms with E-state index in [0.717, 1.165) is 12.2 Å². The molecule has 0 aromatic heterocycles. The highest BCUT2D eigenvalue weighted by Gasteiger charge is 2.30. The second-order valence-electron chi connectivity index (χ2n) is 3.49. The summed E-state index contributed by atoms with van der Waals surface area (Å²) in [5.74, 6) is 0.177. The number of para-hydroxylation sites is 1. The normalized spacial score (nSPS) is 18.4. The number of benzene rings is 1. The lowest BCUT2D eigenvalue weighted by Gasteiger charge is -2.31. The zero-order chi connectivity index (χ0) is 9.54. The average Bonchev–Trinajstić information content (AvgIpc) is 2.61. The first-order valence-electron chi connectivity index (χ1n) is 4.73. The monoisotopic (exact) mass is 186 g/mol. The number of amides is 1. The Kier molecular flexibility index (Phi) is 1.42. The number of hydrogen-bond acceptors (Lipinski definition) is 2. The van der Waals surface area contributed by atoms with E-state index in [1.165, 1.54) is 5.56 Å². The van der Waals surface area contributed by atoms with Crippen LogP contribution in [0.15, 0.2) is 30.5 Å². The average molecular weight is 186 g/mol. The van der Waals surface area contributed by atoms with Crippen LogP contribution in [0, 0.1) is 0 Å². The second-order valence-corrected chi connectivity index (χ2v) is 3.49. The molecule has 2 heterocycles. The van der Waals surface area contributed by atoms with Gasteiger partial charge in [0.25, 0.3) is 0 Å². The Hall–Kier alpha value is -1.77. The Labute approximate surface area is 82.2 Å². The molecule has 3 rings (SSSR count). The standard InChI is InChI=1S/C11H10N2O/c14-11-6-8-12-10-4-2-1-3-9(10)5-7-13(11)12/h1-5,7H,6,8H2. The lowest BCUT2D eigenvalue weighted by atomic mass is 10.1. The molecule has 2 aliphatic heterocycles. The molecule has 0 bridgehead atoms. The molecular formula is C11H10N2O. The Morgan fingerprint density at radius 2 is 2.07 bits per heavy atom. The molecule has 14 heavy (non-hydrogen) atoms. The second kappa shape index (κ2) is 2.61. The fourth-order valence-corrected chi connectivity index (χ4v) is 1.97. The summed E-state index contributed by atoms with van der Waals surface area (Å²) >= 11 is 0. The minimum atomic E-state index is 0.177. The summed E-state index contributed by atoms with van der Waals surface area (Å²) in [6, 6.07) is 8.12. The van der Waals surface area contributed by atoms with Gasteiger partial charge in [-0.25, -0.2) is 5.01 Å². The predicted octanol–water partition coefficient (Wildman–Crippen LogP) is 1.62. The minimum Gasteiger partial charge on any atom is -0.278 e. The van der Waals surface area contributed by atoms with Crippen LogP contribution in [-0.4, -0.2) is 17.5 Å². The molecule has 70 valence electrons. The molecule has 0 radical (unpaired) electrons. The molecule has 1 fully saturated rings. The van der Waals surface area contributed by atoms with Gasteiger partial charge in [-0.1, -0.05) is 18.2 Å². The maximum Gasteiger partial charge on any atom is 0.247 e. The van der Waals surface area contributed by atoms with Gasteiger partial charge in [0.15, 0.2) is 0 Å². The van der Waals surface area contributed by atoms with Crippen LogP contribution in [0.2, 0.25) is 0 Å². The molecule has 0 saturated carbocycles. The third kappa shape index (κ3) is 0.894. The fourth-order valence-electron chi connectivity index (χ4n) is 1.97. The van der Waals surface area contributed by atoms with Crippen molar-refractivity contribution < 1.29 is 4.79 Å². The summed E-state index contributed by atoms with van der Waals surface area (Å²) in [5.41, 5.74) is 2.30. The van der Waals surface area contributed by atoms with Crippen molar-refractivity contribution in [3.05, 3.63) is 36.0 Å². The van der Waals surface area contributed by atoms with E-state index in [-0.39, 0.29) is 5.91 Å². The molecule has 0 unspecified atom stereocenters. The molecule has 1 amide bonds. The highest BCUT2D eigenvalue weighted by molar-refractivity contribution is 5.87. The van der Waals surface area contributed by atoms with E-state index in [0.29, 0.717) is 6.42 Å².